The Morgan fingerprint density at radius 2 is 0.833 bits per heavy atom. The first-order valence-electron chi connectivity index (χ1n) is 7.20. The van der Waals surface area contributed by atoms with E-state index in [0.717, 1.165) is 0 Å². The fourth-order valence-electron chi connectivity index (χ4n) is 2.05. The molecule has 3 rings (SSSR count). The zero-order valence-electron chi connectivity index (χ0n) is 12.5. The molecule has 0 saturated carbocycles. The first-order chi connectivity index (χ1) is 11.6. The van der Waals surface area contributed by atoms with Crippen molar-refractivity contribution < 1.29 is 22.5 Å². The average Bonchev–Trinajstić information content (AvgIpc) is 2.59. The lowest BCUT2D eigenvalue weighted by molar-refractivity contribution is 0.437. The van der Waals surface area contributed by atoms with Gasteiger partial charge in [-0.25, -0.2) is 13.2 Å². The largest absolute Gasteiger partial charge is 0.632 e. The predicted molar refractivity (Wildman–Crippen MR) is 85.8 cm³/mol. The van der Waals surface area contributed by atoms with Gasteiger partial charge in [-0.2, -0.15) is 0 Å². The maximum Gasteiger partial charge on any atom is 0.632 e. The van der Waals surface area contributed by atoms with Crippen LogP contribution in [0.5, 0.6) is 11.5 Å². The highest BCUT2D eigenvalue weighted by Gasteiger charge is 2.26. The Morgan fingerprint density at radius 3 is 1.21 bits per heavy atom. The second-order valence-electron chi connectivity index (χ2n) is 5.03. The van der Waals surface area contributed by atoms with Gasteiger partial charge in [0.05, 0.1) is 0 Å². The van der Waals surface area contributed by atoms with E-state index < -0.39 is 7.12 Å². The maximum atomic E-state index is 13.1. The smallest absolute Gasteiger partial charge is 0.522 e. The van der Waals surface area contributed by atoms with Gasteiger partial charge in [0.2, 0.25) is 0 Å². The third kappa shape index (κ3) is 4.10. The Labute approximate surface area is 137 Å². The summed E-state index contributed by atoms with van der Waals surface area (Å²) in [4.78, 5) is 0. The molecule has 0 radical (unpaired) electrons. The zero-order valence-corrected chi connectivity index (χ0v) is 12.5. The SMILES string of the molecule is Fc1ccc(OB(Oc2ccc(F)cc2)c2ccc(F)cc2)cc1. The topological polar surface area (TPSA) is 18.5 Å². The van der Waals surface area contributed by atoms with Crippen LogP contribution in [-0.4, -0.2) is 7.12 Å². The van der Waals surface area contributed by atoms with Crippen LogP contribution >= 0.6 is 0 Å². The second-order valence-corrected chi connectivity index (χ2v) is 5.03. The van der Waals surface area contributed by atoms with Gasteiger partial charge in [0, 0.05) is 5.46 Å². The minimum absolute atomic E-state index is 0.382. The number of benzene rings is 3. The summed E-state index contributed by atoms with van der Waals surface area (Å²) in [5.41, 5.74) is 0.560. The summed E-state index contributed by atoms with van der Waals surface area (Å²) in [5.74, 6) is -0.401. The van der Waals surface area contributed by atoms with E-state index >= 15 is 0 Å². The molecule has 6 heteroatoms. The summed E-state index contributed by atoms with van der Waals surface area (Å²) >= 11 is 0. The number of hydrogen-bond donors (Lipinski definition) is 0. The van der Waals surface area contributed by atoms with Gasteiger partial charge in [0.15, 0.2) is 0 Å². The van der Waals surface area contributed by atoms with Crippen LogP contribution in [0, 0.1) is 17.5 Å². The molecule has 0 atom stereocenters. The van der Waals surface area contributed by atoms with Crippen LogP contribution in [0.25, 0.3) is 0 Å². The van der Waals surface area contributed by atoms with E-state index in [1.54, 1.807) is 0 Å². The molecule has 0 fully saturated rings. The molecule has 0 amide bonds. The average molecular weight is 328 g/mol. The Bertz CT molecular complexity index is 743. The van der Waals surface area contributed by atoms with Crippen LogP contribution in [0.15, 0.2) is 72.8 Å². The Morgan fingerprint density at radius 1 is 0.500 bits per heavy atom. The molecule has 0 spiro atoms. The minimum atomic E-state index is -0.901. The lowest BCUT2D eigenvalue weighted by Gasteiger charge is -2.17. The molecule has 0 saturated heterocycles. The summed E-state index contributed by atoms with van der Waals surface area (Å²) in [7, 11) is -0.901. The van der Waals surface area contributed by atoms with E-state index in [1.165, 1.54) is 72.8 Å². The molecule has 0 unspecified atom stereocenters. The van der Waals surface area contributed by atoms with E-state index in [2.05, 4.69) is 0 Å². The van der Waals surface area contributed by atoms with Crippen molar-refractivity contribution in [3.05, 3.63) is 90.2 Å². The van der Waals surface area contributed by atoms with Crippen molar-refractivity contribution in [2.45, 2.75) is 0 Å². The highest BCUT2D eigenvalue weighted by molar-refractivity contribution is 6.62. The fourth-order valence-corrected chi connectivity index (χ4v) is 2.05. The first kappa shape index (κ1) is 16.0. The normalized spacial score (nSPS) is 10.3. The summed E-state index contributed by atoms with van der Waals surface area (Å²) in [6.45, 7) is 0. The second kappa shape index (κ2) is 7.13. The molecule has 2 nitrogen and oxygen atoms in total. The van der Waals surface area contributed by atoms with Gasteiger partial charge in [-0.05, 0) is 60.7 Å². The highest BCUT2D eigenvalue weighted by atomic mass is 19.1. The third-order valence-electron chi connectivity index (χ3n) is 3.26. The van der Waals surface area contributed by atoms with Crippen LogP contribution in [0.2, 0.25) is 0 Å². The lowest BCUT2D eigenvalue weighted by Crippen LogP contribution is -2.42. The lowest BCUT2D eigenvalue weighted by atomic mass is 9.78. The molecule has 0 aliphatic rings. The summed E-state index contributed by atoms with van der Waals surface area (Å²) in [5, 5.41) is 0. The molecular weight excluding hydrogens is 316 g/mol. The van der Waals surface area contributed by atoms with Gasteiger partial charge in [0.25, 0.3) is 0 Å². The van der Waals surface area contributed by atoms with Crippen LogP contribution in [0.3, 0.4) is 0 Å². The molecule has 0 aliphatic heterocycles. The van der Waals surface area contributed by atoms with E-state index in [4.69, 9.17) is 9.31 Å². The first-order valence-corrected chi connectivity index (χ1v) is 7.20. The number of hydrogen-bond acceptors (Lipinski definition) is 2. The Balaban J connectivity index is 1.86. The molecule has 3 aromatic carbocycles. The zero-order chi connectivity index (χ0) is 16.9. The van der Waals surface area contributed by atoms with Crippen molar-refractivity contribution in [2.75, 3.05) is 0 Å². The van der Waals surface area contributed by atoms with Crippen LogP contribution in [-0.2, 0) is 0 Å². The van der Waals surface area contributed by atoms with Gasteiger partial charge >= 0.3 is 7.12 Å². The van der Waals surface area contributed by atoms with Crippen LogP contribution in [0.4, 0.5) is 13.2 Å². The third-order valence-corrected chi connectivity index (χ3v) is 3.26. The molecule has 0 aromatic heterocycles. The van der Waals surface area contributed by atoms with Crippen molar-refractivity contribution in [1.82, 2.24) is 0 Å². The summed E-state index contributed by atoms with van der Waals surface area (Å²) in [6.07, 6.45) is 0. The minimum Gasteiger partial charge on any atom is -0.522 e. The maximum absolute atomic E-state index is 13.1. The molecule has 120 valence electrons. The van der Waals surface area contributed by atoms with Gasteiger partial charge < -0.3 is 9.31 Å². The standard InChI is InChI=1S/C18H12BF3O2/c20-14-3-1-13(2-4-14)19(23-17-9-5-15(21)6-10-17)24-18-11-7-16(22)8-12-18/h1-12H. The van der Waals surface area contributed by atoms with E-state index in [1.807, 2.05) is 0 Å². The Kier molecular flexibility index (Phi) is 4.75. The molecule has 3 aromatic rings. The van der Waals surface area contributed by atoms with E-state index in [0.29, 0.717) is 17.0 Å². The van der Waals surface area contributed by atoms with Crippen molar-refractivity contribution in [2.24, 2.45) is 0 Å². The van der Waals surface area contributed by atoms with E-state index in [9.17, 15) is 13.2 Å². The molecule has 0 N–H and O–H groups in total. The van der Waals surface area contributed by atoms with Crippen molar-refractivity contribution >= 4 is 12.6 Å². The van der Waals surface area contributed by atoms with Gasteiger partial charge in [0.1, 0.15) is 29.0 Å². The van der Waals surface area contributed by atoms with E-state index in [-0.39, 0.29) is 17.5 Å². The molecule has 0 bridgehead atoms. The molecule has 0 heterocycles. The van der Waals surface area contributed by atoms with Crippen molar-refractivity contribution in [3.8, 4) is 11.5 Å². The molecule has 0 aliphatic carbocycles. The predicted octanol–water partition coefficient (Wildman–Crippen LogP) is 3.96. The van der Waals surface area contributed by atoms with Crippen molar-refractivity contribution in [3.63, 3.8) is 0 Å². The van der Waals surface area contributed by atoms with Gasteiger partial charge in [-0.15, -0.1) is 0 Å². The number of rotatable bonds is 5. The van der Waals surface area contributed by atoms with Gasteiger partial charge in [-0.3, -0.25) is 0 Å². The molecule has 24 heavy (non-hydrogen) atoms. The van der Waals surface area contributed by atoms with Crippen LogP contribution < -0.4 is 14.8 Å². The fraction of sp³-hybridized carbons (Fsp3) is 0. The monoisotopic (exact) mass is 328 g/mol. The Hall–Kier alpha value is -2.89. The van der Waals surface area contributed by atoms with Crippen LogP contribution in [0.1, 0.15) is 0 Å². The summed E-state index contributed by atoms with van der Waals surface area (Å²) in [6, 6.07) is 16.5. The number of halogens is 3. The highest BCUT2D eigenvalue weighted by Crippen LogP contribution is 2.16. The van der Waals surface area contributed by atoms with Gasteiger partial charge in [-0.1, -0.05) is 12.1 Å². The quantitative estimate of drug-likeness (QED) is 0.660. The van der Waals surface area contributed by atoms with Crippen molar-refractivity contribution in [1.29, 1.82) is 0 Å². The molecular formula is C18H12BF3O2. The summed E-state index contributed by atoms with van der Waals surface area (Å²) < 4.78 is 50.6.